The van der Waals surface area contributed by atoms with Gasteiger partial charge in [0.15, 0.2) is 5.13 Å². The molecule has 1 fully saturated rings. The highest BCUT2D eigenvalue weighted by atomic mass is 32.1. The van der Waals surface area contributed by atoms with E-state index in [1.165, 1.54) is 10.6 Å². The normalized spacial score (nSPS) is 24.6. The van der Waals surface area contributed by atoms with Crippen molar-refractivity contribution in [2.75, 3.05) is 18.0 Å². The number of anilines is 1. The fourth-order valence-corrected chi connectivity index (χ4v) is 3.43. The van der Waals surface area contributed by atoms with E-state index >= 15 is 0 Å². The molecule has 1 aliphatic heterocycles. The third kappa shape index (κ3) is 3.02. The van der Waals surface area contributed by atoms with Gasteiger partial charge in [-0.1, -0.05) is 13.3 Å². The van der Waals surface area contributed by atoms with E-state index in [1.807, 2.05) is 0 Å². The van der Waals surface area contributed by atoms with Crippen LogP contribution in [0.2, 0.25) is 0 Å². The molecule has 1 aliphatic rings. The Morgan fingerprint density at radius 3 is 2.61 bits per heavy atom. The molecule has 0 amide bonds. The number of thiazole rings is 1. The lowest BCUT2D eigenvalue weighted by Crippen LogP contribution is -2.45. The molecular weight excluding hydrogens is 246 g/mol. The average molecular weight is 269 g/mol. The minimum Gasteiger partial charge on any atom is -0.372 e. The van der Waals surface area contributed by atoms with Gasteiger partial charge >= 0.3 is 0 Å². The standard InChI is InChI=1S/C13H23N3OS/c1-4-5-11-12(6-14)18-13(15-11)16-7-9(2)17-10(3)8-16/h9-10H,4-8,14H2,1-3H3. The third-order valence-corrected chi connectivity index (χ3v) is 4.31. The Kier molecular flexibility index (Phi) is 4.59. The van der Waals surface area contributed by atoms with Crippen molar-refractivity contribution in [3.8, 4) is 0 Å². The van der Waals surface area contributed by atoms with E-state index in [1.54, 1.807) is 11.3 Å². The summed E-state index contributed by atoms with van der Waals surface area (Å²) in [5, 5.41) is 1.11. The van der Waals surface area contributed by atoms with Crippen LogP contribution in [0.1, 0.15) is 37.8 Å². The van der Waals surface area contributed by atoms with Crippen molar-refractivity contribution in [2.45, 2.75) is 52.4 Å². The van der Waals surface area contributed by atoms with Crippen LogP contribution in [0.3, 0.4) is 0 Å². The minimum absolute atomic E-state index is 0.272. The fraction of sp³-hybridized carbons (Fsp3) is 0.769. The number of aryl methyl sites for hydroxylation is 1. The molecule has 102 valence electrons. The second kappa shape index (κ2) is 5.99. The number of hydrogen-bond donors (Lipinski definition) is 1. The lowest BCUT2D eigenvalue weighted by atomic mass is 10.2. The van der Waals surface area contributed by atoms with Gasteiger partial charge in [0.2, 0.25) is 0 Å². The van der Waals surface area contributed by atoms with Gasteiger partial charge < -0.3 is 15.4 Å². The van der Waals surface area contributed by atoms with E-state index in [0.717, 1.165) is 31.1 Å². The number of nitrogens with two attached hydrogens (primary N) is 1. The molecule has 0 aromatic carbocycles. The van der Waals surface area contributed by atoms with E-state index in [0.29, 0.717) is 6.54 Å². The topological polar surface area (TPSA) is 51.4 Å². The second-order valence-electron chi connectivity index (χ2n) is 4.98. The van der Waals surface area contributed by atoms with E-state index in [4.69, 9.17) is 15.5 Å². The summed E-state index contributed by atoms with van der Waals surface area (Å²) in [7, 11) is 0. The van der Waals surface area contributed by atoms with Crippen LogP contribution < -0.4 is 10.6 Å². The van der Waals surface area contributed by atoms with E-state index in [2.05, 4.69) is 25.7 Å². The van der Waals surface area contributed by atoms with Crippen molar-refractivity contribution in [1.29, 1.82) is 0 Å². The summed E-state index contributed by atoms with van der Waals surface area (Å²) in [6.45, 7) is 8.86. The number of nitrogens with zero attached hydrogens (tertiary/aromatic N) is 2. The van der Waals surface area contributed by atoms with Crippen LogP contribution in [0.4, 0.5) is 5.13 Å². The summed E-state index contributed by atoms with van der Waals surface area (Å²) >= 11 is 1.74. The molecule has 0 radical (unpaired) electrons. The van der Waals surface area contributed by atoms with E-state index < -0.39 is 0 Å². The quantitative estimate of drug-likeness (QED) is 0.910. The first kappa shape index (κ1) is 13.8. The van der Waals surface area contributed by atoms with E-state index in [-0.39, 0.29) is 12.2 Å². The van der Waals surface area contributed by atoms with Gasteiger partial charge in [-0.15, -0.1) is 11.3 Å². The molecule has 1 saturated heterocycles. The number of rotatable bonds is 4. The van der Waals surface area contributed by atoms with Crippen LogP contribution in [-0.4, -0.2) is 30.3 Å². The number of aromatic nitrogens is 1. The zero-order valence-corrected chi connectivity index (χ0v) is 12.3. The third-order valence-electron chi connectivity index (χ3n) is 3.13. The summed E-state index contributed by atoms with van der Waals surface area (Å²) < 4.78 is 5.76. The Hall–Kier alpha value is -0.650. The Morgan fingerprint density at radius 1 is 1.39 bits per heavy atom. The first-order valence-corrected chi connectivity index (χ1v) is 7.54. The highest BCUT2D eigenvalue weighted by Gasteiger charge is 2.25. The zero-order chi connectivity index (χ0) is 13.1. The molecule has 0 spiro atoms. The van der Waals surface area contributed by atoms with Crippen molar-refractivity contribution in [3.63, 3.8) is 0 Å². The zero-order valence-electron chi connectivity index (χ0n) is 11.5. The van der Waals surface area contributed by atoms with Crippen molar-refractivity contribution in [2.24, 2.45) is 5.73 Å². The monoisotopic (exact) mass is 269 g/mol. The maximum atomic E-state index is 5.81. The van der Waals surface area contributed by atoms with Gasteiger partial charge in [-0.3, -0.25) is 0 Å². The molecule has 4 nitrogen and oxygen atoms in total. The lowest BCUT2D eigenvalue weighted by molar-refractivity contribution is -0.00523. The lowest BCUT2D eigenvalue weighted by Gasteiger charge is -2.35. The minimum atomic E-state index is 0.272. The predicted octanol–water partition coefficient (Wildman–Crippen LogP) is 2.17. The van der Waals surface area contributed by atoms with Crippen LogP contribution in [0.25, 0.3) is 0 Å². The highest BCUT2D eigenvalue weighted by molar-refractivity contribution is 7.15. The maximum Gasteiger partial charge on any atom is 0.186 e. The molecule has 0 saturated carbocycles. The number of hydrogen-bond acceptors (Lipinski definition) is 5. The van der Waals surface area contributed by atoms with Gasteiger partial charge in [-0.05, 0) is 20.3 Å². The second-order valence-corrected chi connectivity index (χ2v) is 6.04. The SMILES string of the molecule is CCCc1nc(N2CC(C)OC(C)C2)sc1CN. The molecule has 1 aromatic rings. The van der Waals surface area contributed by atoms with Gasteiger partial charge in [0.1, 0.15) is 0 Å². The average Bonchev–Trinajstić information content (AvgIpc) is 2.71. The van der Waals surface area contributed by atoms with Crippen molar-refractivity contribution >= 4 is 16.5 Å². The molecule has 2 atom stereocenters. The Labute approximate surface area is 113 Å². The molecule has 2 unspecified atom stereocenters. The summed E-state index contributed by atoms with van der Waals surface area (Å²) in [6, 6.07) is 0. The fourth-order valence-electron chi connectivity index (χ4n) is 2.43. The molecule has 0 aliphatic carbocycles. The summed E-state index contributed by atoms with van der Waals surface area (Å²) in [5.74, 6) is 0. The molecule has 5 heteroatoms. The van der Waals surface area contributed by atoms with Crippen LogP contribution in [0.15, 0.2) is 0 Å². The van der Waals surface area contributed by atoms with Gasteiger partial charge in [-0.25, -0.2) is 4.98 Å². The van der Waals surface area contributed by atoms with Gasteiger partial charge in [-0.2, -0.15) is 0 Å². The van der Waals surface area contributed by atoms with Gasteiger partial charge in [0.05, 0.1) is 17.9 Å². The van der Waals surface area contributed by atoms with Crippen LogP contribution >= 0.6 is 11.3 Å². The van der Waals surface area contributed by atoms with Crippen molar-refractivity contribution in [1.82, 2.24) is 4.98 Å². The molecular formula is C13H23N3OS. The van der Waals surface area contributed by atoms with Crippen molar-refractivity contribution in [3.05, 3.63) is 10.6 Å². The Balaban J connectivity index is 2.17. The van der Waals surface area contributed by atoms with Crippen LogP contribution in [0, 0.1) is 0 Å². The first-order valence-electron chi connectivity index (χ1n) is 6.73. The maximum absolute atomic E-state index is 5.81. The first-order chi connectivity index (χ1) is 8.63. The largest absolute Gasteiger partial charge is 0.372 e. The summed E-state index contributed by atoms with van der Waals surface area (Å²) in [5.41, 5.74) is 6.99. The van der Waals surface area contributed by atoms with Gasteiger partial charge in [0, 0.05) is 24.5 Å². The molecule has 18 heavy (non-hydrogen) atoms. The molecule has 1 aromatic heterocycles. The smallest absolute Gasteiger partial charge is 0.186 e. The molecule has 2 N–H and O–H groups in total. The van der Waals surface area contributed by atoms with Crippen LogP contribution in [-0.2, 0) is 17.7 Å². The predicted molar refractivity (Wildman–Crippen MR) is 76.2 cm³/mol. The highest BCUT2D eigenvalue weighted by Crippen LogP contribution is 2.29. The molecule has 2 rings (SSSR count). The molecule has 2 heterocycles. The van der Waals surface area contributed by atoms with Gasteiger partial charge in [0.25, 0.3) is 0 Å². The number of morpholine rings is 1. The molecule has 0 bridgehead atoms. The Morgan fingerprint density at radius 2 is 2.06 bits per heavy atom. The van der Waals surface area contributed by atoms with E-state index in [9.17, 15) is 0 Å². The van der Waals surface area contributed by atoms with Crippen molar-refractivity contribution < 1.29 is 4.74 Å². The summed E-state index contributed by atoms with van der Waals surface area (Å²) in [6.07, 6.45) is 2.69. The Bertz CT molecular complexity index is 384. The summed E-state index contributed by atoms with van der Waals surface area (Å²) in [4.78, 5) is 8.34. The van der Waals surface area contributed by atoms with Crippen LogP contribution in [0.5, 0.6) is 0 Å². The number of ether oxygens (including phenoxy) is 1.